The van der Waals surface area contributed by atoms with Crippen molar-refractivity contribution in [2.45, 2.75) is 75.8 Å². The lowest BCUT2D eigenvalue weighted by Gasteiger charge is -2.27. The second kappa shape index (κ2) is 21.7. The van der Waals surface area contributed by atoms with Gasteiger partial charge in [-0.2, -0.15) is 0 Å². The Hall–Kier alpha value is -6.49. The highest BCUT2D eigenvalue weighted by Gasteiger charge is 2.28. The normalized spacial score (nSPS) is 16.3. The minimum absolute atomic E-state index is 0.0414. The monoisotopic (exact) mass is 892 g/mol. The van der Waals surface area contributed by atoms with Crippen LogP contribution in [-0.2, 0) is 36.2 Å². The molecule has 0 radical (unpaired) electrons. The van der Waals surface area contributed by atoms with E-state index < -0.39 is 18.4 Å². The number of carbonyl (C=O) groups excluding carboxylic acids is 1. The molecule has 10 heteroatoms. The fraction of sp³-hybridized carbons (Fsp3) is 0.339. The third kappa shape index (κ3) is 13.3. The van der Waals surface area contributed by atoms with Gasteiger partial charge in [0, 0.05) is 10.8 Å². The molecule has 4 atom stereocenters. The van der Waals surface area contributed by atoms with Crippen molar-refractivity contribution in [2.24, 2.45) is 0 Å². The Morgan fingerprint density at radius 1 is 0.470 bits per heavy atom. The summed E-state index contributed by atoms with van der Waals surface area (Å²) in [5.74, 6) is 3.63. The lowest BCUT2D eigenvalue weighted by Crippen LogP contribution is -2.34. The SMILES string of the molecule is CC(C)(c1ccc(CCC(COc2ccccc2)OC(=O)OC(COc2ccccc2)COc2ccc(C(C)(C)c3ccc(OCC4CO4)cc3)cc2)cc1)c1ccc(OCC2CO2)cc1. The molecule has 0 saturated carbocycles. The Morgan fingerprint density at radius 3 is 1.20 bits per heavy atom. The third-order valence-electron chi connectivity index (χ3n) is 12.2. The molecule has 0 N–H and O–H groups in total. The van der Waals surface area contributed by atoms with Crippen LogP contribution in [0.15, 0.2) is 158 Å². The van der Waals surface area contributed by atoms with Crippen molar-refractivity contribution in [1.82, 2.24) is 0 Å². The maximum atomic E-state index is 13.6. The first-order valence-corrected chi connectivity index (χ1v) is 22.8. The van der Waals surface area contributed by atoms with Gasteiger partial charge in [0.2, 0.25) is 0 Å². The zero-order valence-corrected chi connectivity index (χ0v) is 38.3. The Balaban J connectivity index is 0.885. The summed E-state index contributed by atoms with van der Waals surface area (Å²) >= 11 is 0. The number of aryl methyl sites for hydroxylation is 1. The lowest BCUT2D eigenvalue weighted by molar-refractivity contribution is -0.0361. The zero-order valence-electron chi connectivity index (χ0n) is 38.3. The smallest absolute Gasteiger partial charge is 0.491 e. The van der Waals surface area contributed by atoms with Crippen LogP contribution in [0, 0.1) is 0 Å². The summed E-state index contributed by atoms with van der Waals surface area (Å²) in [5, 5.41) is 0. The van der Waals surface area contributed by atoms with Crippen molar-refractivity contribution in [3.8, 4) is 28.7 Å². The highest BCUT2D eigenvalue weighted by molar-refractivity contribution is 5.60. The number of para-hydroxylation sites is 2. The molecule has 0 bridgehead atoms. The van der Waals surface area contributed by atoms with Gasteiger partial charge in [0.1, 0.15) is 80.1 Å². The van der Waals surface area contributed by atoms with Crippen LogP contribution in [0.2, 0.25) is 0 Å². The first kappa shape index (κ1) is 46.1. The number of epoxide rings is 2. The Labute approximate surface area is 388 Å². The lowest BCUT2D eigenvalue weighted by atomic mass is 9.78. The number of rotatable bonds is 24. The van der Waals surface area contributed by atoms with Gasteiger partial charge in [-0.15, -0.1) is 0 Å². The van der Waals surface area contributed by atoms with E-state index >= 15 is 0 Å². The molecule has 0 aliphatic carbocycles. The van der Waals surface area contributed by atoms with Gasteiger partial charge in [-0.25, -0.2) is 4.79 Å². The van der Waals surface area contributed by atoms with Gasteiger partial charge in [0.05, 0.1) is 13.2 Å². The van der Waals surface area contributed by atoms with Crippen molar-refractivity contribution in [3.63, 3.8) is 0 Å². The summed E-state index contributed by atoms with van der Waals surface area (Å²) in [7, 11) is 0. The predicted octanol–water partition coefficient (Wildman–Crippen LogP) is 11.0. The predicted molar refractivity (Wildman–Crippen MR) is 253 cm³/mol. The number of hydrogen-bond acceptors (Lipinski definition) is 10. The first-order valence-electron chi connectivity index (χ1n) is 22.8. The van der Waals surface area contributed by atoms with E-state index in [1.165, 1.54) is 11.1 Å². The molecule has 4 unspecified atom stereocenters. The molecule has 2 saturated heterocycles. The van der Waals surface area contributed by atoms with Gasteiger partial charge in [-0.3, -0.25) is 0 Å². The number of carbonyl (C=O) groups is 1. The maximum absolute atomic E-state index is 13.6. The molecule has 2 aliphatic heterocycles. The summed E-state index contributed by atoms with van der Waals surface area (Å²) in [5.41, 5.74) is 5.27. The second-order valence-electron chi connectivity index (χ2n) is 17.9. The standard InChI is InChI=1S/C56H60O10/c1-55(2,42-20-27-47(28-21-42)59-34-51-36-63-51)41-18-15-40(16-19-41)17-26-50(33-58-45-11-7-5-8-12-45)65-54(57)66-53(38-61-46-13-9-6-10-14-46)39-62-49-31-24-44(25-32-49)56(3,4)43-22-29-48(30-23-43)60-35-52-37-64-52/h5-16,18-25,27-32,50-53H,17,26,33-39H2,1-4H3. The Kier molecular flexibility index (Phi) is 15.1. The molecule has 2 fully saturated rings. The van der Waals surface area contributed by atoms with Crippen LogP contribution in [0.4, 0.5) is 4.79 Å². The average molecular weight is 893 g/mol. The van der Waals surface area contributed by atoms with E-state index in [4.69, 9.17) is 42.6 Å². The van der Waals surface area contributed by atoms with Crippen LogP contribution in [0.1, 0.15) is 61.9 Å². The molecule has 2 aliphatic rings. The van der Waals surface area contributed by atoms with Crippen molar-refractivity contribution in [3.05, 3.63) is 186 Å². The van der Waals surface area contributed by atoms with Crippen molar-refractivity contribution in [2.75, 3.05) is 46.2 Å². The molecule has 2 heterocycles. The molecule has 6 aromatic rings. The van der Waals surface area contributed by atoms with E-state index in [0.717, 1.165) is 41.4 Å². The minimum atomic E-state index is -0.828. The molecular formula is C56H60O10. The summed E-state index contributed by atoms with van der Waals surface area (Å²) in [6, 6.07) is 52.0. The zero-order chi connectivity index (χ0) is 45.8. The first-order chi connectivity index (χ1) is 32.1. The highest BCUT2D eigenvalue weighted by atomic mass is 16.7. The quantitative estimate of drug-likeness (QED) is 0.0431. The fourth-order valence-corrected chi connectivity index (χ4v) is 7.55. The van der Waals surface area contributed by atoms with Gasteiger partial charge in [0.15, 0.2) is 6.10 Å². The van der Waals surface area contributed by atoms with E-state index in [2.05, 4.69) is 88.4 Å². The maximum Gasteiger partial charge on any atom is 0.509 e. The molecule has 0 amide bonds. The van der Waals surface area contributed by atoms with Crippen molar-refractivity contribution in [1.29, 1.82) is 0 Å². The van der Waals surface area contributed by atoms with Crippen LogP contribution in [0.25, 0.3) is 0 Å². The third-order valence-corrected chi connectivity index (χ3v) is 12.2. The van der Waals surface area contributed by atoms with Crippen molar-refractivity contribution >= 4 is 6.16 Å². The molecule has 66 heavy (non-hydrogen) atoms. The van der Waals surface area contributed by atoms with Gasteiger partial charge < -0.3 is 42.6 Å². The van der Waals surface area contributed by atoms with Gasteiger partial charge in [-0.05, 0) is 101 Å². The molecule has 8 rings (SSSR count). The molecule has 344 valence electrons. The number of ether oxygens (including phenoxy) is 9. The molecular weight excluding hydrogens is 833 g/mol. The largest absolute Gasteiger partial charge is 0.509 e. The van der Waals surface area contributed by atoms with E-state index in [0.29, 0.717) is 43.3 Å². The van der Waals surface area contributed by atoms with Crippen LogP contribution in [0.5, 0.6) is 28.7 Å². The van der Waals surface area contributed by atoms with Crippen LogP contribution >= 0.6 is 0 Å². The second-order valence-corrected chi connectivity index (χ2v) is 17.9. The topological polar surface area (TPSA) is 107 Å². The number of benzene rings is 6. The van der Waals surface area contributed by atoms with Gasteiger partial charge in [-0.1, -0.05) is 125 Å². The molecule has 0 spiro atoms. The van der Waals surface area contributed by atoms with Crippen LogP contribution in [0.3, 0.4) is 0 Å². The summed E-state index contributed by atoms with van der Waals surface area (Å²) in [4.78, 5) is 13.6. The van der Waals surface area contributed by atoms with Crippen molar-refractivity contribution < 1.29 is 47.4 Å². The summed E-state index contributed by atoms with van der Waals surface area (Å²) < 4.78 is 52.5. The van der Waals surface area contributed by atoms with Gasteiger partial charge in [0.25, 0.3) is 0 Å². The summed E-state index contributed by atoms with van der Waals surface area (Å²) in [6.07, 6.45) is -0.625. The number of hydrogen-bond donors (Lipinski definition) is 0. The summed E-state index contributed by atoms with van der Waals surface area (Å²) in [6.45, 7) is 11.7. The minimum Gasteiger partial charge on any atom is -0.491 e. The Morgan fingerprint density at radius 2 is 0.803 bits per heavy atom. The van der Waals surface area contributed by atoms with Gasteiger partial charge >= 0.3 is 6.16 Å². The fourth-order valence-electron chi connectivity index (χ4n) is 7.55. The van der Waals surface area contributed by atoms with Crippen LogP contribution < -0.4 is 23.7 Å². The Bertz CT molecular complexity index is 2220. The van der Waals surface area contributed by atoms with E-state index in [1.807, 2.05) is 97.1 Å². The van der Waals surface area contributed by atoms with E-state index in [1.54, 1.807) is 0 Å². The van der Waals surface area contributed by atoms with E-state index in [-0.39, 0.29) is 42.9 Å². The van der Waals surface area contributed by atoms with E-state index in [9.17, 15) is 4.79 Å². The molecule has 0 aromatic heterocycles. The average Bonchev–Trinajstić information content (AvgIpc) is 4.30. The highest BCUT2D eigenvalue weighted by Crippen LogP contribution is 2.35. The van der Waals surface area contributed by atoms with Crippen LogP contribution in [-0.4, -0.2) is 76.8 Å². The molecule has 6 aromatic carbocycles. The molecule has 10 nitrogen and oxygen atoms in total.